The van der Waals surface area contributed by atoms with Crippen LogP contribution in [0.15, 0.2) is 0 Å². The quantitative estimate of drug-likeness (QED) is 0.674. The fourth-order valence-corrected chi connectivity index (χ4v) is 1.53. The standard InChI is InChI=1S/C9H17N3O2/c1-10-9(14)11(2)7-8(13)12-5-3-4-6-12/h3-7H2,1-2H3,(H,10,14). The second kappa shape index (κ2) is 4.83. The van der Waals surface area contributed by atoms with Crippen LogP contribution < -0.4 is 5.32 Å². The van der Waals surface area contributed by atoms with Crippen molar-refractivity contribution in [3.63, 3.8) is 0 Å². The molecule has 5 nitrogen and oxygen atoms in total. The van der Waals surface area contributed by atoms with Gasteiger partial charge in [-0.1, -0.05) is 0 Å². The van der Waals surface area contributed by atoms with E-state index in [-0.39, 0.29) is 18.5 Å². The largest absolute Gasteiger partial charge is 0.341 e. The van der Waals surface area contributed by atoms with E-state index in [9.17, 15) is 9.59 Å². The maximum atomic E-state index is 11.6. The van der Waals surface area contributed by atoms with Gasteiger partial charge in [-0.3, -0.25) is 4.79 Å². The Kier molecular flexibility index (Phi) is 3.73. The Morgan fingerprint density at radius 2 is 1.93 bits per heavy atom. The third-order valence-electron chi connectivity index (χ3n) is 2.39. The van der Waals surface area contributed by atoms with E-state index in [0.29, 0.717) is 0 Å². The van der Waals surface area contributed by atoms with E-state index in [0.717, 1.165) is 25.9 Å². The van der Waals surface area contributed by atoms with Gasteiger partial charge in [-0.05, 0) is 12.8 Å². The number of likely N-dealkylation sites (N-methyl/N-ethyl adjacent to an activating group) is 1. The van der Waals surface area contributed by atoms with E-state index in [1.165, 1.54) is 4.90 Å². The molecule has 5 heteroatoms. The molecule has 1 heterocycles. The summed E-state index contributed by atoms with van der Waals surface area (Å²) in [4.78, 5) is 25.9. The van der Waals surface area contributed by atoms with Gasteiger partial charge in [0.1, 0.15) is 6.54 Å². The van der Waals surface area contributed by atoms with Crippen LogP contribution >= 0.6 is 0 Å². The molecule has 3 amide bonds. The van der Waals surface area contributed by atoms with Gasteiger partial charge in [0.05, 0.1) is 0 Å². The van der Waals surface area contributed by atoms with E-state index < -0.39 is 0 Å². The summed E-state index contributed by atoms with van der Waals surface area (Å²) in [7, 11) is 3.17. The maximum Gasteiger partial charge on any atom is 0.317 e. The van der Waals surface area contributed by atoms with E-state index in [1.807, 2.05) is 0 Å². The molecule has 0 spiro atoms. The molecule has 0 aliphatic carbocycles. The van der Waals surface area contributed by atoms with Gasteiger partial charge in [0.15, 0.2) is 0 Å². The lowest BCUT2D eigenvalue weighted by molar-refractivity contribution is -0.130. The van der Waals surface area contributed by atoms with Gasteiger partial charge < -0.3 is 15.1 Å². The van der Waals surface area contributed by atoms with Crippen LogP contribution in [-0.4, -0.2) is 55.5 Å². The van der Waals surface area contributed by atoms with Crippen molar-refractivity contribution in [1.82, 2.24) is 15.1 Å². The van der Waals surface area contributed by atoms with Crippen LogP contribution in [0.2, 0.25) is 0 Å². The molecule has 1 aliphatic heterocycles. The molecule has 0 aromatic rings. The van der Waals surface area contributed by atoms with E-state index >= 15 is 0 Å². The summed E-state index contributed by atoms with van der Waals surface area (Å²) in [5.74, 6) is 0.0357. The molecule has 1 aliphatic rings. The highest BCUT2D eigenvalue weighted by Crippen LogP contribution is 2.07. The smallest absolute Gasteiger partial charge is 0.317 e. The van der Waals surface area contributed by atoms with Crippen molar-refractivity contribution < 1.29 is 9.59 Å². The summed E-state index contributed by atoms with van der Waals surface area (Å²) in [6, 6.07) is -0.224. The van der Waals surface area contributed by atoms with Gasteiger partial charge in [0.25, 0.3) is 0 Å². The average molecular weight is 199 g/mol. The minimum absolute atomic E-state index is 0.0357. The third kappa shape index (κ3) is 2.61. The van der Waals surface area contributed by atoms with Gasteiger partial charge in [-0.25, -0.2) is 4.79 Å². The molecule has 1 saturated heterocycles. The molecule has 1 fully saturated rings. The summed E-state index contributed by atoms with van der Waals surface area (Å²) in [5.41, 5.74) is 0. The fraction of sp³-hybridized carbons (Fsp3) is 0.778. The summed E-state index contributed by atoms with van der Waals surface area (Å²) in [5, 5.41) is 2.48. The van der Waals surface area contributed by atoms with Crippen LogP contribution in [0.1, 0.15) is 12.8 Å². The third-order valence-corrected chi connectivity index (χ3v) is 2.39. The molecule has 0 aromatic carbocycles. The molecule has 0 saturated carbocycles. The molecule has 80 valence electrons. The Bertz CT molecular complexity index is 224. The molecule has 1 N–H and O–H groups in total. The van der Waals surface area contributed by atoms with Gasteiger partial charge >= 0.3 is 6.03 Å². The zero-order valence-corrected chi connectivity index (χ0v) is 8.75. The Hall–Kier alpha value is -1.26. The van der Waals surface area contributed by atoms with Gasteiger partial charge in [0, 0.05) is 27.2 Å². The summed E-state index contributed by atoms with van der Waals surface area (Å²) in [6.45, 7) is 1.83. The number of hydrogen-bond donors (Lipinski definition) is 1. The molecule has 0 aromatic heterocycles. The predicted octanol–water partition coefficient (Wildman–Crippen LogP) is -0.120. The molecule has 0 radical (unpaired) electrons. The van der Waals surface area contributed by atoms with Crippen molar-refractivity contribution >= 4 is 11.9 Å². The minimum atomic E-state index is -0.224. The molecule has 0 bridgehead atoms. The van der Waals surface area contributed by atoms with Crippen molar-refractivity contribution in [1.29, 1.82) is 0 Å². The number of nitrogens with zero attached hydrogens (tertiary/aromatic N) is 2. The number of amides is 3. The van der Waals surface area contributed by atoms with Crippen molar-refractivity contribution in [2.24, 2.45) is 0 Å². The van der Waals surface area contributed by atoms with Crippen LogP contribution in [-0.2, 0) is 4.79 Å². The maximum absolute atomic E-state index is 11.6. The zero-order chi connectivity index (χ0) is 10.6. The predicted molar refractivity (Wildman–Crippen MR) is 52.9 cm³/mol. The molecule has 0 unspecified atom stereocenters. The van der Waals surface area contributed by atoms with Crippen molar-refractivity contribution in [2.75, 3.05) is 33.7 Å². The highest BCUT2D eigenvalue weighted by atomic mass is 16.2. The molecule has 14 heavy (non-hydrogen) atoms. The second-order valence-electron chi connectivity index (χ2n) is 3.50. The SMILES string of the molecule is CNC(=O)N(C)CC(=O)N1CCCC1. The first-order valence-electron chi connectivity index (χ1n) is 4.85. The zero-order valence-electron chi connectivity index (χ0n) is 8.75. The van der Waals surface area contributed by atoms with Crippen LogP contribution in [0.3, 0.4) is 0 Å². The number of rotatable bonds is 2. The van der Waals surface area contributed by atoms with E-state index in [2.05, 4.69) is 5.32 Å². The summed E-state index contributed by atoms with van der Waals surface area (Å²) < 4.78 is 0. The number of carbonyl (C=O) groups excluding carboxylic acids is 2. The van der Waals surface area contributed by atoms with E-state index in [1.54, 1.807) is 19.0 Å². The normalized spacial score (nSPS) is 15.4. The number of nitrogens with one attached hydrogen (secondary N) is 1. The average Bonchev–Trinajstić information content (AvgIpc) is 2.69. The lowest BCUT2D eigenvalue weighted by Gasteiger charge is -2.20. The lowest BCUT2D eigenvalue weighted by atomic mass is 10.4. The number of urea groups is 1. The molecular formula is C9H17N3O2. The number of hydrogen-bond acceptors (Lipinski definition) is 2. The second-order valence-corrected chi connectivity index (χ2v) is 3.50. The first kappa shape index (κ1) is 10.8. The van der Waals surface area contributed by atoms with Gasteiger partial charge in [-0.15, -0.1) is 0 Å². The van der Waals surface area contributed by atoms with Crippen molar-refractivity contribution in [2.45, 2.75) is 12.8 Å². The Balaban J connectivity index is 2.35. The van der Waals surface area contributed by atoms with Crippen molar-refractivity contribution in [3.05, 3.63) is 0 Å². The first-order chi connectivity index (χ1) is 6.65. The van der Waals surface area contributed by atoms with Gasteiger partial charge in [-0.2, -0.15) is 0 Å². The van der Waals surface area contributed by atoms with Crippen LogP contribution in [0.4, 0.5) is 4.79 Å². The number of carbonyl (C=O) groups is 2. The highest BCUT2D eigenvalue weighted by molar-refractivity contribution is 5.83. The Labute approximate surface area is 84.0 Å². The van der Waals surface area contributed by atoms with Crippen molar-refractivity contribution in [3.8, 4) is 0 Å². The minimum Gasteiger partial charge on any atom is -0.341 e. The Morgan fingerprint density at radius 3 is 2.43 bits per heavy atom. The summed E-state index contributed by atoms with van der Waals surface area (Å²) in [6.07, 6.45) is 2.16. The highest BCUT2D eigenvalue weighted by Gasteiger charge is 2.20. The van der Waals surface area contributed by atoms with Crippen LogP contribution in [0.25, 0.3) is 0 Å². The summed E-state index contributed by atoms with van der Waals surface area (Å²) >= 11 is 0. The first-order valence-corrected chi connectivity index (χ1v) is 4.85. The topological polar surface area (TPSA) is 52.7 Å². The van der Waals surface area contributed by atoms with E-state index in [4.69, 9.17) is 0 Å². The van der Waals surface area contributed by atoms with Crippen LogP contribution in [0, 0.1) is 0 Å². The molecule has 1 rings (SSSR count). The molecular weight excluding hydrogens is 182 g/mol. The Morgan fingerprint density at radius 1 is 1.36 bits per heavy atom. The molecule has 0 atom stereocenters. The fourth-order valence-electron chi connectivity index (χ4n) is 1.53. The lowest BCUT2D eigenvalue weighted by Crippen LogP contribution is -2.43. The van der Waals surface area contributed by atoms with Gasteiger partial charge in [0.2, 0.25) is 5.91 Å². The van der Waals surface area contributed by atoms with Crippen LogP contribution in [0.5, 0.6) is 0 Å². The number of likely N-dealkylation sites (tertiary alicyclic amines) is 1. The monoisotopic (exact) mass is 199 g/mol.